The van der Waals surface area contributed by atoms with Crippen molar-refractivity contribution in [1.29, 1.82) is 0 Å². The van der Waals surface area contributed by atoms with E-state index in [4.69, 9.17) is 4.74 Å². The Morgan fingerprint density at radius 3 is 2.52 bits per heavy atom. The minimum atomic E-state index is -3.57. The molecule has 0 saturated carbocycles. The third-order valence-corrected chi connectivity index (χ3v) is 6.41. The summed E-state index contributed by atoms with van der Waals surface area (Å²) in [7, 11) is -3.57. The van der Waals surface area contributed by atoms with Gasteiger partial charge in [0.1, 0.15) is 0 Å². The molecule has 7 heteroatoms. The quantitative estimate of drug-likeness (QED) is 0.737. The Kier molecular flexibility index (Phi) is 5.32. The summed E-state index contributed by atoms with van der Waals surface area (Å²) in [4.78, 5) is 26.6. The lowest BCUT2D eigenvalue weighted by Crippen LogP contribution is -2.38. The van der Waals surface area contributed by atoms with E-state index in [0.29, 0.717) is 0 Å². The van der Waals surface area contributed by atoms with Crippen molar-refractivity contribution in [1.82, 2.24) is 0 Å². The molecule has 0 aromatic heterocycles. The average molecular weight is 387 g/mol. The first-order valence-electron chi connectivity index (χ1n) is 8.74. The van der Waals surface area contributed by atoms with Gasteiger partial charge in [-0.1, -0.05) is 37.3 Å². The predicted molar refractivity (Wildman–Crippen MR) is 102 cm³/mol. The van der Waals surface area contributed by atoms with E-state index in [1.165, 1.54) is 19.1 Å². The van der Waals surface area contributed by atoms with Crippen molar-refractivity contribution in [2.45, 2.75) is 31.2 Å². The molecule has 1 amide bonds. The first-order valence-corrected chi connectivity index (χ1v) is 10.4. The molecule has 3 rings (SSSR count). The normalized spacial score (nSPS) is 16.1. The number of nitrogens with zero attached hydrogens (tertiary/aromatic N) is 1. The van der Waals surface area contributed by atoms with Crippen LogP contribution in [0.5, 0.6) is 0 Å². The summed E-state index contributed by atoms with van der Waals surface area (Å²) in [6.07, 6.45) is 0.743. The van der Waals surface area contributed by atoms with Crippen molar-refractivity contribution in [2.24, 2.45) is 0 Å². The minimum Gasteiger partial charge on any atom is -0.452 e. The van der Waals surface area contributed by atoms with Crippen molar-refractivity contribution in [3.8, 4) is 0 Å². The van der Waals surface area contributed by atoms with Crippen LogP contribution in [0.4, 0.5) is 5.69 Å². The summed E-state index contributed by atoms with van der Waals surface area (Å²) in [5.41, 5.74) is 1.84. The molecule has 2 aromatic rings. The van der Waals surface area contributed by atoms with Crippen LogP contribution >= 0.6 is 0 Å². The van der Waals surface area contributed by atoms with Gasteiger partial charge in [-0.15, -0.1) is 0 Å². The molecule has 1 heterocycles. The maximum absolute atomic E-state index is 12.6. The fourth-order valence-corrected chi connectivity index (χ4v) is 4.37. The van der Waals surface area contributed by atoms with Crippen LogP contribution in [0.15, 0.2) is 53.4 Å². The Labute approximate surface area is 158 Å². The smallest absolute Gasteiger partial charge is 0.339 e. The van der Waals surface area contributed by atoms with Crippen LogP contribution in [0.2, 0.25) is 0 Å². The second kappa shape index (κ2) is 7.52. The van der Waals surface area contributed by atoms with Crippen molar-refractivity contribution in [2.75, 3.05) is 17.3 Å². The van der Waals surface area contributed by atoms with Gasteiger partial charge in [0.25, 0.3) is 5.91 Å². The van der Waals surface area contributed by atoms with Crippen LogP contribution in [0.1, 0.15) is 29.8 Å². The largest absolute Gasteiger partial charge is 0.452 e. The Hall–Kier alpha value is -2.67. The molecule has 0 radical (unpaired) electrons. The standard InChI is InChI=1S/C20H21NO5S/c1-3-27(24,25)18-11-7-5-9-16(18)20(23)26-13-19(22)21-14(2)12-15-8-4-6-10-17(15)21/h4-11,14H,3,12-13H2,1-2H3/t14-/m1/s1. The number of amides is 1. The average Bonchev–Trinajstić information content (AvgIpc) is 3.01. The molecule has 0 unspecified atom stereocenters. The fraction of sp³-hybridized carbons (Fsp3) is 0.300. The Bertz CT molecular complexity index is 983. The lowest BCUT2D eigenvalue weighted by molar-refractivity contribution is -0.122. The number of anilines is 1. The summed E-state index contributed by atoms with van der Waals surface area (Å²) in [5, 5.41) is 0. The van der Waals surface area contributed by atoms with Gasteiger partial charge in [0.2, 0.25) is 0 Å². The highest BCUT2D eigenvalue weighted by Gasteiger charge is 2.31. The molecule has 0 bridgehead atoms. The topological polar surface area (TPSA) is 80.7 Å². The SMILES string of the molecule is CCS(=O)(=O)c1ccccc1C(=O)OCC(=O)N1c2ccccc2C[C@H]1C. The highest BCUT2D eigenvalue weighted by molar-refractivity contribution is 7.91. The molecule has 142 valence electrons. The van der Waals surface area contributed by atoms with Gasteiger partial charge in [0.05, 0.1) is 16.2 Å². The molecule has 6 nitrogen and oxygen atoms in total. The van der Waals surface area contributed by atoms with Gasteiger partial charge in [0.15, 0.2) is 16.4 Å². The van der Waals surface area contributed by atoms with Crippen LogP contribution in [0.3, 0.4) is 0 Å². The zero-order chi connectivity index (χ0) is 19.6. The molecule has 1 aliphatic heterocycles. The number of hydrogen-bond donors (Lipinski definition) is 0. The first-order chi connectivity index (χ1) is 12.8. The number of ether oxygens (including phenoxy) is 1. The maximum atomic E-state index is 12.6. The lowest BCUT2D eigenvalue weighted by Gasteiger charge is -2.22. The summed E-state index contributed by atoms with van der Waals surface area (Å²) in [5.74, 6) is -1.29. The molecular formula is C20H21NO5S. The Morgan fingerprint density at radius 1 is 1.11 bits per heavy atom. The van der Waals surface area contributed by atoms with Crippen LogP contribution in [0.25, 0.3) is 0 Å². The van der Waals surface area contributed by atoms with Gasteiger partial charge in [-0.05, 0) is 37.1 Å². The van der Waals surface area contributed by atoms with Crippen molar-refractivity contribution >= 4 is 27.4 Å². The van der Waals surface area contributed by atoms with Gasteiger partial charge in [-0.3, -0.25) is 4.79 Å². The van der Waals surface area contributed by atoms with Crippen molar-refractivity contribution in [3.05, 3.63) is 59.7 Å². The number of carbonyl (C=O) groups excluding carboxylic acids is 2. The zero-order valence-corrected chi connectivity index (χ0v) is 16.0. The number of rotatable bonds is 5. The van der Waals surface area contributed by atoms with E-state index in [9.17, 15) is 18.0 Å². The molecule has 0 N–H and O–H groups in total. The summed E-state index contributed by atoms with van der Waals surface area (Å²) < 4.78 is 29.5. The van der Waals surface area contributed by atoms with Crippen LogP contribution in [-0.2, 0) is 25.8 Å². The lowest BCUT2D eigenvalue weighted by atomic mass is 10.1. The summed E-state index contributed by atoms with van der Waals surface area (Å²) in [6.45, 7) is 2.99. The first kappa shape index (κ1) is 19.1. The van der Waals surface area contributed by atoms with Crippen LogP contribution < -0.4 is 4.90 Å². The zero-order valence-electron chi connectivity index (χ0n) is 15.2. The molecule has 1 aliphatic rings. The number of fused-ring (bicyclic) bond motifs is 1. The molecule has 0 spiro atoms. The number of esters is 1. The van der Waals surface area contributed by atoms with E-state index in [-0.39, 0.29) is 28.2 Å². The van der Waals surface area contributed by atoms with Gasteiger partial charge in [-0.25, -0.2) is 13.2 Å². The van der Waals surface area contributed by atoms with Crippen LogP contribution in [-0.4, -0.2) is 38.7 Å². The van der Waals surface area contributed by atoms with E-state index in [1.807, 2.05) is 31.2 Å². The van der Waals surface area contributed by atoms with E-state index in [0.717, 1.165) is 17.7 Å². The Morgan fingerprint density at radius 2 is 1.78 bits per heavy atom. The third-order valence-electron chi connectivity index (χ3n) is 4.62. The molecular weight excluding hydrogens is 366 g/mol. The summed E-state index contributed by atoms with van der Waals surface area (Å²) >= 11 is 0. The monoisotopic (exact) mass is 387 g/mol. The molecule has 1 atom stereocenters. The van der Waals surface area contributed by atoms with Gasteiger partial charge in [0, 0.05) is 11.7 Å². The van der Waals surface area contributed by atoms with Crippen LogP contribution in [0, 0.1) is 0 Å². The van der Waals surface area contributed by atoms with E-state index in [1.54, 1.807) is 17.0 Å². The second-order valence-corrected chi connectivity index (χ2v) is 8.67. The number of para-hydroxylation sites is 1. The van der Waals surface area contributed by atoms with E-state index in [2.05, 4.69) is 0 Å². The molecule has 27 heavy (non-hydrogen) atoms. The van der Waals surface area contributed by atoms with E-state index >= 15 is 0 Å². The van der Waals surface area contributed by atoms with Crippen molar-refractivity contribution < 1.29 is 22.7 Å². The molecule has 0 fully saturated rings. The predicted octanol–water partition coefficient (Wildman–Crippen LogP) is 2.61. The minimum absolute atomic E-state index is 0.0265. The molecule has 0 aliphatic carbocycles. The number of benzene rings is 2. The van der Waals surface area contributed by atoms with Gasteiger partial charge in [-0.2, -0.15) is 0 Å². The number of sulfone groups is 1. The van der Waals surface area contributed by atoms with E-state index < -0.39 is 22.4 Å². The van der Waals surface area contributed by atoms with Crippen molar-refractivity contribution in [3.63, 3.8) is 0 Å². The molecule has 0 saturated heterocycles. The highest BCUT2D eigenvalue weighted by atomic mass is 32.2. The van der Waals surface area contributed by atoms with Gasteiger partial charge >= 0.3 is 5.97 Å². The fourth-order valence-electron chi connectivity index (χ4n) is 3.28. The molecule has 2 aromatic carbocycles. The number of carbonyl (C=O) groups is 2. The number of hydrogen-bond acceptors (Lipinski definition) is 5. The maximum Gasteiger partial charge on any atom is 0.339 e. The third kappa shape index (κ3) is 3.73. The Balaban J connectivity index is 1.75. The highest BCUT2D eigenvalue weighted by Crippen LogP contribution is 2.31. The van der Waals surface area contributed by atoms with Gasteiger partial charge < -0.3 is 9.64 Å². The summed E-state index contributed by atoms with van der Waals surface area (Å²) in [6, 6.07) is 13.5. The second-order valence-electron chi connectivity index (χ2n) is 6.42.